The molecule has 0 aliphatic heterocycles. The predicted octanol–water partition coefficient (Wildman–Crippen LogP) is 3.00. The SMILES string of the molecule is O=C(NCCNC(=O)c1ccccc1O)c1nc(-c2cccs2)n(-c2ccc(F)cc2)n1. The van der Waals surface area contributed by atoms with Gasteiger partial charge in [0, 0.05) is 13.1 Å². The van der Waals surface area contributed by atoms with Gasteiger partial charge in [0.1, 0.15) is 11.6 Å². The number of hydrogen-bond donors (Lipinski definition) is 3. The molecule has 0 saturated carbocycles. The molecule has 3 N–H and O–H groups in total. The van der Waals surface area contributed by atoms with Crippen molar-refractivity contribution in [1.82, 2.24) is 25.4 Å². The number of para-hydroxylation sites is 1. The average Bonchev–Trinajstić information content (AvgIpc) is 3.47. The van der Waals surface area contributed by atoms with E-state index >= 15 is 0 Å². The summed E-state index contributed by atoms with van der Waals surface area (Å²) >= 11 is 1.44. The third-order valence-electron chi connectivity index (χ3n) is 4.47. The largest absolute Gasteiger partial charge is 0.507 e. The van der Waals surface area contributed by atoms with Crippen LogP contribution in [0.4, 0.5) is 4.39 Å². The molecule has 162 valence electrons. The van der Waals surface area contributed by atoms with Gasteiger partial charge in [0.2, 0.25) is 5.82 Å². The highest BCUT2D eigenvalue weighted by Crippen LogP contribution is 2.25. The smallest absolute Gasteiger partial charge is 0.291 e. The van der Waals surface area contributed by atoms with Crippen molar-refractivity contribution in [3.05, 3.63) is 83.2 Å². The first-order valence-electron chi connectivity index (χ1n) is 9.64. The van der Waals surface area contributed by atoms with E-state index in [4.69, 9.17) is 0 Å². The summed E-state index contributed by atoms with van der Waals surface area (Å²) in [5.74, 6) is -1.05. The number of nitrogens with one attached hydrogen (secondary N) is 2. The van der Waals surface area contributed by atoms with Crippen LogP contribution in [0.25, 0.3) is 16.4 Å². The second-order valence-corrected chi connectivity index (χ2v) is 7.60. The summed E-state index contributed by atoms with van der Waals surface area (Å²) in [7, 11) is 0. The van der Waals surface area contributed by atoms with E-state index in [2.05, 4.69) is 20.7 Å². The Hall–Kier alpha value is -4.05. The Morgan fingerprint density at radius 3 is 2.38 bits per heavy atom. The number of aromatic nitrogens is 3. The Morgan fingerprint density at radius 1 is 0.969 bits per heavy atom. The molecule has 0 spiro atoms. The number of rotatable bonds is 7. The van der Waals surface area contributed by atoms with E-state index in [1.165, 1.54) is 40.3 Å². The fourth-order valence-corrected chi connectivity index (χ4v) is 3.63. The number of phenolic OH excluding ortho intramolecular Hbond substituents is 1. The lowest BCUT2D eigenvalue weighted by molar-refractivity contribution is 0.0920. The molecule has 2 aromatic carbocycles. The lowest BCUT2D eigenvalue weighted by Crippen LogP contribution is -2.35. The predicted molar refractivity (Wildman–Crippen MR) is 117 cm³/mol. The van der Waals surface area contributed by atoms with Crippen LogP contribution in [0.2, 0.25) is 0 Å². The van der Waals surface area contributed by atoms with Crippen molar-refractivity contribution in [2.24, 2.45) is 0 Å². The molecule has 8 nitrogen and oxygen atoms in total. The maximum atomic E-state index is 13.3. The first-order valence-corrected chi connectivity index (χ1v) is 10.5. The fraction of sp³-hybridized carbons (Fsp3) is 0.0909. The summed E-state index contributed by atoms with van der Waals surface area (Å²) < 4.78 is 14.8. The van der Waals surface area contributed by atoms with Crippen molar-refractivity contribution in [2.75, 3.05) is 13.1 Å². The molecular formula is C22H18FN5O3S. The third-order valence-corrected chi connectivity index (χ3v) is 5.33. The summed E-state index contributed by atoms with van der Waals surface area (Å²) in [6.07, 6.45) is 0. The minimum Gasteiger partial charge on any atom is -0.507 e. The Kier molecular flexibility index (Phi) is 6.22. The van der Waals surface area contributed by atoms with Crippen LogP contribution in [0.1, 0.15) is 21.0 Å². The zero-order valence-electron chi connectivity index (χ0n) is 16.7. The molecule has 2 heterocycles. The minimum atomic E-state index is -0.513. The fourth-order valence-electron chi connectivity index (χ4n) is 2.93. The summed E-state index contributed by atoms with van der Waals surface area (Å²) in [5, 5.41) is 21.2. The molecule has 32 heavy (non-hydrogen) atoms. The highest BCUT2D eigenvalue weighted by atomic mass is 32.1. The van der Waals surface area contributed by atoms with Gasteiger partial charge in [0.15, 0.2) is 5.82 Å². The summed E-state index contributed by atoms with van der Waals surface area (Å²) in [5.41, 5.74) is 0.718. The van der Waals surface area contributed by atoms with E-state index in [0.717, 1.165) is 4.88 Å². The van der Waals surface area contributed by atoms with Crippen LogP contribution < -0.4 is 10.6 Å². The van der Waals surface area contributed by atoms with Gasteiger partial charge in [-0.3, -0.25) is 9.59 Å². The second-order valence-electron chi connectivity index (χ2n) is 6.65. The topological polar surface area (TPSA) is 109 Å². The first kappa shape index (κ1) is 21.2. The van der Waals surface area contributed by atoms with Gasteiger partial charge >= 0.3 is 0 Å². The number of hydrogen-bond acceptors (Lipinski definition) is 6. The van der Waals surface area contributed by atoms with Crippen LogP contribution in [-0.2, 0) is 0 Å². The monoisotopic (exact) mass is 451 g/mol. The van der Waals surface area contributed by atoms with Gasteiger partial charge in [0.25, 0.3) is 11.8 Å². The van der Waals surface area contributed by atoms with Gasteiger partial charge in [-0.15, -0.1) is 16.4 Å². The number of amides is 2. The Bertz CT molecular complexity index is 1240. The molecule has 0 aliphatic carbocycles. The number of carbonyl (C=O) groups excluding carboxylic acids is 2. The zero-order valence-corrected chi connectivity index (χ0v) is 17.5. The van der Waals surface area contributed by atoms with Crippen molar-refractivity contribution < 1.29 is 19.1 Å². The lowest BCUT2D eigenvalue weighted by atomic mass is 10.2. The molecule has 10 heteroatoms. The highest BCUT2D eigenvalue weighted by Gasteiger charge is 2.19. The van der Waals surface area contributed by atoms with Crippen molar-refractivity contribution >= 4 is 23.2 Å². The van der Waals surface area contributed by atoms with Gasteiger partial charge in [-0.05, 0) is 47.8 Å². The molecule has 0 bridgehead atoms. The molecule has 0 saturated heterocycles. The number of carbonyl (C=O) groups is 2. The first-order chi connectivity index (χ1) is 15.5. The minimum absolute atomic E-state index is 0.0512. The Morgan fingerprint density at radius 2 is 1.69 bits per heavy atom. The molecule has 0 radical (unpaired) electrons. The van der Waals surface area contributed by atoms with E-state index in [9.17, 15) is 19.1 Å². The number of aromatic hydroxyl groups is 1. The van der Waals surface area contributed by atoms with E-state index in [1.54, 1.807) is 24.3 Å². The number of halogens is 1. The molecule has 4 rings (SSSR count). The Balaban J connectivity index is 1.43. The van der Waals surface area contributed by atoms with Crippen molar-refractivity contribution in [3.8, 4) is 22.1 Å². The maximum absolute atomic E-state index is 13.3. The quantitative estimate of drug-likeness (QED) is 0.374. The summed E-state index contributed by atoms with van der Waals surface area (Å²) in [4.78, 5) is 29.8. The van der Waals surface area contributed by atoms with Crippen LogP contribution in [-0.4, -0.2) is 44.8 Å². The number of nitrogens with zero attached hydrogens (tertiary/aromatic N) is 3. The van der Waals surface area contributed by atoms with E-state index in [-0.39, 0.29) is 36.0 Å². The van der Waals surface area contributed by atoms with Crippen LogP contribution in [0.3, 0.4) is 0 Å². The molecule has 2 aromatic heterocycles. The third kappa shape index (κ3) is 4.65. The summed E-state index contributed by atoms with van der Waals surface area (Å²) in [6, 6.07) is 15.6. The molecule has 4 aromatic rings. The van der Waals surface area contributed by atoms with Gasteiger partial charge < -0.3 is 15.7 Å². The Labute approximate surface area is 186 Å². The molecule has 0 unspecified atom stereocenters. The van der Waals surface area contributed by atoms with Gasteiger partial charge in [0.05, 0.1) is 16.1 Å². The normalized spacial score (nSPS) is 10.7. The summed E-state index contributed by atoms with van der Waals surface area (Å²) in [6.45, 7) is 0.285. The molecule has 2 amide bonds. The number of phenols is 1. The van der Waals surface area contributed by atoms with Gasteiger partial charge in [-0.1, -0.05) is 18.2 Å². The standard InChI is InChI=1S/C22H18FN5O3S/c23-14-7-9-15(10-8-14)28-20(18-6-3-13-32-18)26-19(27-28)22(31)25-12-11-24-21(30)16-4-1-2-5-17(16)29/h1-10,13,29H,11-12H2,(H,24,30)(H,25,31). The van der Waals surface area contributed by atoms with Crippen LogP contribution in [0, 0.1) is 5.82 Å². The van der Waals surface area contributed by atoms with Gasteiger partial charge in [-0.25, -0.2) is 14.1 Å². The molecule has 0 atom stereocenters. The average molecular weight is 451 g/mol. The molecule has 0 aliphatic rings. The van der Waals surface area contributed by atoms with Crippen molar-refractivity contribution in [3.63, 3.8) is 0 Å². The highest BCUT2D eigenvalue weighted by molar-refractivity contribution is 7.13. The number of benzene rings is 2. The molecule has 0 fully saturated rings. The van der Waals surface area contributed by atoms with E-state index in [0.29, 0.717) is 11.5 Å². The van der Waals surface area contributed by atoms with E-state index in [1.807, 2.05) is 17.5 Å². The number of thiophene rings is 1. The van der Waals surface area contributed by atoms with Crippen LogP contribution in [0.5, 0.6) is 5.75 Å². The van der Waals surface area contributed by atoms with E-state index < -0.39 is 11.8 Å². The van der Waals surface area contributed by atoms with Crippen molar-refractivity contribution in [1.29, 1.82) is 0 Å². The van der Waals surface area contributed by atoms with Crippen molar-refractivity contribution in [2.45, 2.75) is 0 Å². The van der Waals surface area contributed by atoms with Gasteiger partial charge in [-0.2, -0.15) is 0 Å². The maximum Gasteiger partial charge on any atom is 0.291 e. The zero-order chi connectivity index (χ0) is 22.5. The second kappa shape index (κ2) is 9.40. The van der Waals surface area contributed by atoms with Crippen LogP contribution in [0.15, 0.2) is 66.0 Å². The van der Waals surface area contributed by atoms with Crippen LogP contribution >= 0.6 is 11.3 Å². The molecular weight excluding hydrogens is 433 g/mol. The lowest BCUT2D eigenvalue weighted by Gasteiger charge is -2.07.